The molecular weight excluding hydrogens is 368 g/mol. The Kier molecular flexibility index (Phi) is 8.19. The van der Waals surface area contributed by atoms with Crippen LogP contribution in [0.4, 0.5) is 0 Å². The number of carbonyl (C=O) groups is 1. The van der Waals surface area contributed by atoms with Crippen molar-refractivity contribution in [3.63, 3.8) is 0 Å². The van der Waals surface area contributed by atoms with Gasteiger partial charge in [0.1, 0.15) is 0 Å². The highest BCUT2D eigenvalue weighted by Gasteiger charge is 2.11. The van der Waals surface area contributed by atoms with Crippen molar-refractivity contribution in [1.82, 2.24) is 10.4 Å². The number of benzene rings is 2. The van der Waals surface area contributed by atoms with Gasteiger partial charge in [0.2, 0.25) is 5.91 Å². The number of hydroxylamine groups is 1. The minimum atomic E-state index is -0.544. The molecule has 3 N–H and O–H groups in total. The summed E-state index contributed by atoms with van der Waals surface area (Å²) < 4.78 is 5.40. The number of ether oxygens (including phenoxy) is 1. The number of rotatable bonds is 9. The summed E-state index contributed by atoms with van der Waals surface area (Å²) in [6, 6.07) is 16.6. The second-order valence-corrected chi connectivity index (χ2v) is 7.50. The van der Waals surface area contributed by atoms with E-state index in [1.165, 1.54) is 5.56 Å². The topological polar surface area (TPSA) is 82.0 Å². The summed E-state index contributed by atoms with van der Waals surface area (Å²) in [6.45, 7) is 4.55. The lowest BCUT2D eigenvalue weighted by atomic mass is 9.98. The van der Waals surface area contributed by atoms with E-state index in [1.54, 1.807) is 5.48 Å². The van der Waals surface area contributed by atoms with Crippen LogP contribution in [0, 0.1) is 0 Å². The normalized spacial score (nSPS) is 15.8. The first-order valence-corrected chi connectivity index (χ1v) is 10.3. The summed E-state index contributed by atoms with van der Waals surface area (Å²) in [5, 5.41) is 18.8. The van der Waals surface area contributed by atoms with Gasteiger partial charge in [0.25, 0.3) is 0 Å². The van der Waals surface area contributed by atoms with Gasteiger partial charge >= 0.3 is 0 Å². The van der Waals surface area contributed by atoms with Crippen molar-refractivity contribution in [2.24, 2.45) is 0 Å². The van der Waals surface area contributed by atoms with E-state index < -0.39 is 6.10 Å². The Labute approximate surface area is 172 Å². The number of aliphatic hydroxyl groups excluding tert-OH is 1. The molecule has 0 saturated carbocycles. The molecule has 0 aromatic heterocycles. The highest BCUT2D eigenvalue weighted by Crippen LogP contribution is 2.25. The molecule has 2 aromatic carbocycles. The summed E-state index contributed by atoms with van der Waals surface area (Å²) in [4.78, 5) is 13.4. The average molecular weight is 399 g/mol. The standard InChI is InChI=1S/C23H30N2O4/c26-22(3-1-2-4-23(27)24-28)21-11-9-20(10-12-21)19-7-5-18(6-8-19)17-25-13-15-29-16-14-25/h5-12,22,26,28H,1-4,13-17H2,(H,24,27). The second-order valence-electron chi connectivity index (χ2n) is 7.50. The summed E-state index contributed by atoms with van der Waals surface area (Å²) in [7, 11) is 0. The Balaban J connectivity index is 1.50. The third kappa shape index (κ3) is 6.65. The van der Waals surface area contributed by atoms with Gasteiger partial charge in [0.05, 0.1) is 19.3 Å². The van der Waals surface area contributed by atoms with Crippen LogP contribution in [-0.2, 0) is 16.1 Å². The maximum absolute atomic E-state index is 11.0. The minimum Gasteiger partial charge on any atom is -0.388 e. The molecule has 1 heterocycles. The Morgan fingerprint density at radius 3 is 2.24 bits per heavy atom. The molecule has 0 radical (unpaired) electrons. The number of hydrogen-bond acceptors (Lipinski definition) is 5. The molecule has 0 aliphatic carbocycles. The largest absolute Gasteiger partial charge is 0.388 e. The maximum Gasteiger partial charge on any atom is 0.243 e. The quantitative estimate of drug-likeness (QED) is 0.343. The van der Waals surface area contributed by atoms with E-state index >= 15 is 0 Å². The fourth-order valence-corrected chi connectivity index (χ4v) is 3.56. The molecule has 6 heteroatoms. The molecule has 3 rings (SSSR count). The van der Waals surface area contributed by atoms with Crippen LogP contribution in [0.15, 0.2) is 48.5 Å². The Hall–Kier alpha value is -2.25. The van der Waals surface area contributed by atoms with Crippen LogP contribution in [-0.4, -0.2) is 47.4 Å². The van der Waals surface area contributed by atoms with Gasteiger partial charge in [0.15, 0.2) is 0 Å². The lowest BCUT2D eigenvalue weighted by Crippen LogP contribution is -2.35. The highest BCUT2D eigenvalue weighted by atomic mass is 16.5. The molecular formula is C23H30N2O4. The molecule has 0 bridgehead atoms. The SMILES string of the molecule is O=C(CCCCC(O)c1ccc(-c2ccc(CN3CCOCC3)cc2)cc1)NO. The molecule has 0 spiro atoms. The van der Waals surface area contributed by atoms with Crippen molar-refractivity contribution in [2.45, 2.75) is 38.3 Å². The van der Waals surface area contributed by atoms with Gasteiger partial charge in [-0.05, 0) is 35.1 Å². The van der Waals surface area contributed by atoms with Gasteiger partial charge in [-0.1, -0.05) is 55.0 Å². The molecule has 29 heavy (non-hydrogen) atoms. The van der Waals surface area contributed by atoms with Crippen molar-refractivity contribution in [1.29, 1.82) is 0 Å². The van der Waals surface area contributed by atoms with Gasteiger partial charge in [0, 0.05) is 26.1 Å². The summed E-state index contributed by atoms with van der Waals surface area (Å²) in [5.74, 6) is -0.389. The van der Waals surface area contributed by atoms with E-state index in [0.717, 1.165) is 56.0 Å². The van der Waals surface area contributed by atoms with E-state index in [1.807, 2.05) is 24.3 Å². The predicted octanol–water partition coefficient (Wildman–Crippen LogP) is 3.29. The number of morpholine rings is 1. The molecule has 1 aliphatic heterocycles. The summed E-state index contributed by atoms with van der Waals surface area (Å²) in [5.41, 5.74) is 6.09. The van der Waals surface area contributed by atoms with Crippen LogP contribution in [0.25, 0.3) is 11.1 Å². The van der Waals surface area contributed by atoms with Crippen LogP contribution in [0.5, 0.6) is 0 Å². The predicted molar refractivity (Wildman–Crippen MR) is 111 cm³/mol. The van der Waals surface area contributed by atoms with Crippen molar-refractivity contribution >= 4 is 5.91 Å². The average Bonchev–Trinajstić information content (AvgIpc) is 2.77. The number of unbranched alkanes of at least 4 members (excludes halogenated alkanes) is 1. The molecule has 6 nitrogen and oxygen atoms in total. The fourth-order valence-electron chi connectivity index (χ4n) is 3.56. The fraction of sp³-hybridized carbons (Fsp3) is 0.435. The first-order chi connectivity index (χ1) is 14.2. The summed E-state index contributed by atoms with van der Waals surface area (Å²) in [6.07, 6.45) is 1.68. The smallest absolute Gasteiger partial charge is 0.243 e. The van der Waals surface area contributed by atoms with E-state index in [4.69, 9.17) is 9.94 Å². The van der Waals surface area contributed by atoms with E-state index in [2.05, 4.69) is 29.2 Å². The Bertz CT molecular complexity index is 755. The molecule has 1 saturated heterocycles. The first kappa shape index (κ1) is 21.5. The van der Waals surface area contributed by atoms with E-state index in [0.29, 0.717) is 12.8 Å². The first-order valence-electron chi connectivity index (χ1n) is 10.3. The van der Waals surface area contributed by atoms with Gasteiger partial charge in [-0.3, -0.25) is 14.9 Å². The number of nitrogens with zero attached hydrogens (tertiary/aromatic N) is 1. The van der Waals surface area contributed by atoms with Gasteiger partial charge < -0.3 is 9.84 Å². The highest BCUT2D eigenvalue weighted by molar-refractivity contribution is 5.74. The zero-order valence-electron chi connectivity index (χ0n) is 16.7. The van der Waals surface area contributed by atoms with Crippen molar-refractivity contribution in [3.8, 4) is 11.1 Å². The molecule has 2 aromatic rings. The summed E-state index contributed by atoms with van der Waals surface area (Å²) >= 11 is 0. The van der Waals surface area contributed by atoms with Crippen molar-refractivity contribution in [3.05, 3.63) is 59.7 Å². The maximum atomic E-state index is 11.0. The van der Waals surface area contributed by atoms with Crippen LogP contribution < -0.4 is 5.48 Å². The third-order valence-corrected chi connectivity index (χ3v) is 5.35. The third-order valence-electron chi connectivity index (χ3n) is 5.35. The molecule has 1 unspecified atom stereocenters. The van der Waals surface area contributed by atoms with Crippen LogP contribution in [0.1, 0.15) is 42.9 Å². The number of amides is 1. The van der Waals surface area contributed by atoms with Crippen LogP contribution in [0.3, 0.4) is 0 Å². The lowest BCUT2D eigenvalue weighted by molar-refractivity contribution is -0.129. The number of hydrogen-bond donors (Lipinski definition) is 3. The lowest BCUT2D eigenvalue weighted by Gasteiger charge is -2.26. The second kappa shape index (κ2) is 11.1. The van der Waals surface area contributed by atoms with Crippen LogP contribution >= 0.6 is 0 Å². The Morgan fingerprint density at radius 1 is 1.00 bits per heavy atom. The minimum absolute atomic E-state index is 0.268. The molecule has 1 fully saturated rings. The van der Waals surface area contributed by atoms with Gasteiger partial charge in [-0.15, -0.1) is 0 Å². The molecule has 156 valence electrons. The monoisotopic (exact) mass is 398 g/mol. The van der Waals surface area contributed by atoms with Gasteiger partial charge in [-0.25, -0.2) is 5.48 Å². The number of aliphatic hydroxyl groups is 1. The van der Waals surface area contributed by atoms with E-state index in [-0.39, 0.29) is 12.3 Å². The molecule has 1 atom stereocenters. The Morgan fingerprint density at radius 2 is 1.62 bits per heavy atom. The zero-order valence-corrected chi connectivity index (χ0v) is 16.7. The van der Waals surface area contributed by atoms with E-state index in [9.17, 15) is 9.90 Å². The molecule has 1 aliphatic rings. The van der Waals surface area contributed by atoms with Gasteiger partial charge in [-0.2, -0.15) is 0 Å². The number of carbonyl (C=O) groups excluding carboxylic acids is 1. The zero-order chi connectivity index (χ0) is 20.5. The molecule has 1 amide bonds. The van der Waals surface area contributed by atoms with Crippen molar-refractivity contribution < 1.29 is 19.8 Å². The van der Waals surface area contributed by atoms with Crippen molar-refractivity contribution in [2.75, 3.05) is 26.3 Å². The number of nitrogens with one attached hydrogen (secondary N) is 1. The van der Waals surface area contributed by atoms with Crippen LogP contribution in [0.2, 0.25) is 0 Å².